The monoisotopic (exact) mass is 446 g/mol. The van der Waals surface area contributed by atoms with Gasteiger partial charge in [0.25, 0.3) is 0 Å². The number of hydrogen-bond donors (Lipinski definition) is 1. The minimum absolute atomic E-state index is 0.0702. The van der Waals surface area contributed by atoms with E-state index in [1.807, 2.05) is 32.0 Å². The predicted octanol–water partition coefficient (Wildman–Crippen LogP) is 5.07. The van der Waals surface area contributed by atoms with Gasteiger partial charge in [0.15, 0.2) is 0 Å². The molecule has 0 fully saturated rings. The Morgan fingerprint density at radius 3 is 2.37 bits per heavy atom. The molecule has 0 saturated carbocycles. The van der Waals surface area contributed by atoms with Crippen molar-refractivity contribution in [2.24, 2.45) is 5.92 Å². The SMILES string of the molecule is Cc1ccc(CSCC(=O)N(Cc2ccccc2Cl)[C@H](C)C(=O)NCC(C)C)cc1. The lowest BCUT2D eigenvalue weighted by molar-refractivity contribution is -0.138. The topological polar surface area (TPSA) is 49.4 Å². The second-order valence-corrected chi connectivity index (χ2v) is 9.30. The molecule has 0 heterocycles. The van der Waals surface area contributed by atoms with Gasteiger partial charge in [-0.3, -0.25) is 9.59 Å². The number of carbonyl (C=O) groups is 2. The molecule has 0 saturated heterocycles. The average molecular weight is 447 g/mol. The van der Waals surface area contributed by atoms with Crippen molar-refractivity contribution in [3.8, 4) is 0 Å². The van der Waals surface area contributed by atoms with Crippen molar-refractivity contribution in [3.63, 3.8) is 0 Å². The van der Waals surface area contributed by atoms with Crippen LogP contribution in [-0.2, 0) is 21.9 Å². The van der Waals surface area contributed by atoms with Crippen LogP contribution in [0.4, 0.5) is 0 Å². The van der Waals surface area contributed by atoms with Crippen LogP contribution in [0, 0.1) is 12.8 Å². The van der Waals surface area contributed by atoms with Gasteiger partial charge in [0.2, 0.25) is 11.8 Å². The molecular weight excluding hydrogens is 416 g/mol. The summed E-state index contributed by atoms with van der Waals surface area (Å²) in [6.07, 6.45) is 0. The Hall–Kier alpha value is -1.98. The van der Waals surface area contributed by atoms with Crippen LogP contribution in [0.5, 0.6) is 0 Å². The minimum Gasteiger partial charge on any atom is -0.354 e. The predicted molar refractivity (Wildman–Crippen MR) is 127 cm³/mol. The summed E-state index contributed by atoms with van der Waals surface area (Å²) < 4.78 is 0. The summed E-state index contributed by atoms with van der Waals surface area (Å²) in [6.45, 7) is 8.80. The van der Waals surface area contributed by atoms with Crippen molar-refractivity contribution < 1.29 is 9.59 Å². The molecule has 6 heteroatoms. The molecule has 30 heavy (non-hydrogen) atoms. The normalized spacial score (nSPS) is 11.9. The lowest BCUT2D eigenvalue weighted by Gasteiger charge is -2.29. The van der Waals surface area contributed by atoms with Crippen LogP contribution in [0.25, 0.3) is 0 Å². The van der Waals surface area contributed by atoms with Gasteiger partial charge in [-0.2, -0.15) is 0 Å². The zero-order valence-electron chi connectivity index (χ0n) is 18.2. The van der Waals surface area contributed by atoms with Gasteiger partial charge in [0, 0.05) is 23.9 Å². The van der Waals surface area contributed by atoms with Crippen molar-refractivity contribution in [2.75, 3.05) is 12.3 Å². The number of hydrogen-bond acceptors (Lipinski definition) is 3. The van der Waals surface area contributed by atoms with Crippen molar-refractivity contribution in [3.05, 3.63) is 70.2 Å². The molecule has 0 radical (unpaired) electrons. The Labute approximate surface area is 189 Å². The van der Waals surface area contributed by atoms with Gasteiger partial charge in [-0.25, -0.2) is 0 Å². The minimum atomic E-state index is -0.576. The van der Waals surface area contributed by atoms with Crippen LogP contribution in [-0.4, -0.2) is 35.1 Å². The lowest BCUT2D eigenvalue weighted by Crippen LogP contribution is -2.48. The first-order valence-corrected chi connectivity index (χ1v) is 11.7. The molecule has 1 N–H and O–H groups in total. The number of halogens is 1. The molecule has 0 aliphatic rings. The van der Waals surface area contributed by atoms with Gasteiger partial charge in [-0.15, -0.1) is 11.8 Å². The van der Waals surface area contributed by atoms with E-state index in [1.165, 1.54) is 11.1 Å². The number of nitrogens with zero attached hydrogens (tertiary/aromatic N) is 1. The highest BCUT2D eigenvalue weighted by Gasteiger charge is 2.26. The first kappa shape index (κ1) is 24.3. The summed E-state index contributed by atoms with van der Waals surface area (Å²) in [7, 11) is 0. The highest BCUT2D eigenvalue weighted by molar-refractivity contribution is 7.99. The number of aryl methyl sites for hydroxylation is 1. The van der Waals surface area contributed by atoms with Crippen molar-refractivity contribution in [1.29, 1.82) is 0 Å². The average Bonchev–Trinajstić information content (AvgIpc) is 2.72. The fourth-order valence-corrected chi connectivity index (χ4v) is 3.93. The van der Waals surface area contributed by atoms with E-state index >= 15 is 0 Å². The highest BCUT2D eigenvalue weighted by atomic mass is 35.5. The summed E-state index contributed by atoms with van der Waals surface area (Å²) in [6, 6.07) is 15.2. The lowest BCUT2D eigenvalue weighted by atomic mass is 10.1. The second-order valence-electron chi connectivity index (χ2n) is 7.91. The number of nitrogens with one attached hydrogen (secondary N) is 1. The van der Waals surface area contributed by atoms with Gasteiger partial charge in [0.1, 0.15) is 6.04 Å². The molecule has 2 rings (SSSR count). The maximum Gasteiger partial charge on any atom is 0.242 e. The molecule has 0 spiro atoms. The molecule has 0 aliphatic carbocycles. The maximum absolute atomic E-state index is 13.1. The van der Waals surface area contributed by atoms with Gasteiger partial charge in [-0.1, -0.05) is 73.5 Å². The first-order chi connectivity index (χ1) is 14.3. The molecule has 1 atom stereocenters. The fraction of sp³-hybridized carbons (Fsp3) is 0.417. The van der Waals surface area contributed by atoms with Gasteiger partial charge < -0.3 is 10.2 Å². The summed E-state index contributed by atoms with van der Waals surface area (Å²) in [5.74, 6) is 1.19. The quantitative estimate of drug-likeness (QED) is 0.554. The van der Waals surface area contributed by atoms with E-state index in [4.69, 9.17) is 11.6 Å². The smallest absolute Gasteiger partial charge is 0.242 e. The molecule has 0 aromatic heterocycles. The van der Waals surface area contributed by atoms with Crippen LogP contribution in [0.1, 0.15) is 37.5 Å². The third-order valence-electron chi connectivity index (χ3n) is 4.77. The van der Waals surface area contributed by atoms with E-state index in [9.17, 15) is 9.59 Å². The maximum atomic E-state index is 13.1. The Bertz CT molecular complexity index is 839. The fourth-order valence-electron chi connectivity index (χ4n) is 2.87. The zero-order chi connectivity index (χ0) is 22.1. The van der Waals surface area contributed by atoms with Gasteiger partial charge in [-0.05, 0) is 37.0 Å². The van der Waals surface area contributed by atoms with Crippen LogP contribution in [0.3, 0.4) is 0 Å². The van der Waals surface area contributed by atoms with Crippen LogP contribution >= 0.6 is 23.4 Å². The van der Waals surface area contributed by atoms with Crippen LogP contribution in [0.15, 0.2) is 48.5 Å². The van der Waals surface area contributed by atoms with Crippen molar-refractivity contribution in [1.82, 2.24) is 10.2 Å². The second kappa shape index (κ2) is 12.0. The number of benzene rings is 2. The van der Waals surface area contributed by atoms with E-state index in [0.29, 0.717) is 29.8 Å². The molecule has 0 aliphatic heterocycles. The Balaban J connectivity index is 2.06. The van der Waals surface area contributed by atoms with Gasteiger partial charge in [0.05, 0.1) is 5.75 Å². The summed E-state index contributed by atoms with van der Waals surface area (Å²) >= 11 is 7.87. The van der Waals surface area contributed by atoms with Gasteiger partial charge >= 0.3 is 0 Å². The molecule has 0 unspecified atom stereocenters. The number of rotatable bonds is 10. The van der Waals surface area contributed by atoms with Crippen molar-refractivity contribution in [2.45, 2.75) is 46.0 Å². The van der Waals surface area contributed by atoms with E-state index in [-0.39, 0.29) is 11.8 Å². The van der Waals surface area contributed by atoms with E-state index in [0.717, 1.165) is 11.3 Å². The standard InChI is InChI=1S/C24H31ClN2O2S/c1-17(2)13-26-24(29)19(4)27(14-21-7-5-6-8-22(21)25)23(28)16-30-15-20-11-9-18(3)10-12-20/h5-12,17,19H,13-16H2,1-4H3,(H,26,29)/t19-/m1/s1. The largest absolute Gasteiger partial charge is 0.354 e. The number of amides is 2. The molecule has 0 bridgehead atoms. The van der Waals surface area contributed by atoms with E-state index in [1.54, 1.807) is 29.7 Å². The Kier molecular flexibility index (Phi) is 9.73. The van der Waals surface area contributed by atoms with Crippen LogP contribution < -0.4 is 5.32 Å². The molecular formula is C24H31ClN2O2S. The Morgan fingerprint density at radius 1 is 1.07 bits per heavy atom. The van der Waals surface area contributed by atoms with E-state index in [2.05, 4.69) is 36.5 Å². The third kappa shape index (κ3) is 7.69. The van der Waals surface area contributed by atoms with Crippen molar-refractivity contribution >= 4 is 35.2 Å². The number of carbonyl (C=O) groups excluding carboxylic acids is 2. The zero-order valence-corrected chi connectivity index (χ0v) is 19.7. The summed E-state index contributed by atoms with van der Waals surface area (Å²) in [5.41, 5.74) is 3.23. The summed E-state index contributed by atoms with van der Waals surface area (Å²) in [4.78, 5) is 27.3. The molecule has 4 nitrogen and oxygen atoms in total. The third-order valence-corrected chi connectivity index (χ3v) is 6.12. The first-order valence-electron chi connectivity index (χ1n) is 10.2. The highest BCUT2D eigenvalue weighted by Crippen LogP contribution is 2.20. The molecule has 162 valence electrons. The van der Waals surface area contributed by atoms with E-state index < -0.39 is 6.04 Å². The number of thioether (sulfide) groups is 1. The molecule has 2 aromatic rings. The summed E-state index contributed by atoms with van der Waals surface area (Å²) in [5, 5.41) is 3.53. The molecule has 2 aromatic carbocycles. The molecule has 2 amide bonds. The Morgan fingerprint density at radius 2 is 1.73 bits per heavy atom. The van der Waals surface area contributed by atoms with Crippen LogP contribution in [0.2, 0.25) is 5.02 Å².